The molecule has 0 radical (unpaired) electrons. The molecule has 0 saturated carbocycles. The Morgan fingerprint density at radius 3 is 2.53 bits per heavy atom. The number of carbonyl (C=O) groups excluding carboxylic acids is 2. The van der Waals surface area contributed by atoms with Gasteiger partial charge in [0, 0.05) is 21.5 Å². The number of benzene rings is 2. The number of para-hydroxylation sites is 1. The molecule has 1 N–H and O–H groups in total. The van der Waals surface area contributed by atoms with Crippen molar-refractivity contribution < 1.29 is 19.1 Å². The molecule has 0 bridgehead atoms. The van der Waals surface area contributed by atoms with E-state index in [1.165, 1.54) is 17.4 Å². The molecule has 0 atom stereocenters. The smallest absolute Gasteiger partial charge is 0.341 e. The van der Waals surface area contributed by atoms with E-state index in [9.17, 15) is 14.9 Å². The number of esters is 1. The summed E-state index contributed by atoms with van der Waals surface area (Å²) in [4.78, 5) is 25.8. The first-order chi connectivity index (χ1) is 16.3. The number of anilines is 1. The van der Waals surface area contributed by atoms with Crippen LogP contribution >= 0.6 is 22.9 Å². The summed E-state index contributed by atoms with van der Waals surface area (Å²) < 4.78 is 11.0. The minimum absolute atomic E-state index is 0.0709. The third-order valence-electron chi connectivity index (χ3n) is 4.60. The molecule has 1 heterocycles. The number of nitrogens with one attached hydrogen (secondary N) is 1. The Morgan fingerprint density at radius 1 is 1.18 bits per heavy atom. The van der Waals surface area contributed by atoms with E-state index in [0.717, 1.165) is 5.56 Å². The van der Waals surface area contributed by atoms with Crippen molar-refractivity contribution in [1.29, 1.82) is 5.26 Å². The Balaban J connectivity index is 1.96. The second kappa shape index (κ2) is 11.5. The molecule has 0 spiro atoms. The Bertz CT molecular complexity index is 1260. The van der Waals surface area contributed by atoms with Gasteiger partial charge in [-0.3, -0.25) is 4.79 Å². The fourth-order valence-corrected chi connectivity index (χ4v) is 4.21. The molecular weight excluding hydrogens is 472 g/mol. The largest absolute Gasteiger partial charge is 0.490 e. The van der Waals surface area contributed by atoms with Gasteiger partial charge in [0.2, 0.25) is 0 Å². The van der Waals surface area contributed by atoms with Crippen LogP contribution in [-0.4, -0.2) is 24.6 Å². The van der Waals surface area contributed by atoms with Crippen LogP contribution in [0.1, 0.15) is 36.7 Å². The number of rotatable bonds is 8. The van der Waals surface area contributed by atoms with Gasteiger partial charge in [0.05, 0.1) is 12.7 Å². The predicted molar refractivity (Wildman–Crippen MR) is 135 cm³/mol. The van der Waals surface area contributed by atoms with Gasteiger partial charge in [0.1, 0.15) is 28.0 Å². The van der Waals surface area contributed by atoms with Crippen molar-refractivity contribution in [2.75, 3.05) is 11.9 Å². The summed E-state index contributed by atoms with van der Waals surface area (Å²) in [5, 5.41) is 15.0. The summed E-state index contributed by atoms with van der Waals surface area (Å²) in [7, 11) is 0. The van der Waals surface area contributed by atoms with Crippen LogP contribution in [0.5, 0.6) is 5.75 Å². The highest BCUT2D eigenvalue weighted by Crippen LogP contribution is 2.37. The van der Waals surface area contributed by atoms with E-state index < -0.39 is 11.9 Å². The third kappa shape index (κ3) is 6.04. The zero-order valence-corrected chi connectivity index (χ0v) is 20.5. The highest BCUT2D eigenvalue weighted by atomic mass is 35.5. The fraction of sp³-hybridized carbons (Fsp3) is 0.192. The number of thiophene rings is 1. The molecule has 3 aromatic rings. The normalized spacial score (nSPS) is 11.1. The van der Waals surface area contributed by atoms with E-state index in [2.05, 4.69) is 5.32 Å². The van der Waals surface area contributed by atoms with Gasteiger partial charge in [0.15, 0.2) is 0 Å². The van der Waals surface area contributed by atoms with Crippen LogP contribution in [-0.2, 0) is 9.53 Å². The van der Waals surface area contributed by atoms with Gasteiger partial charge in [-0.25, -0.2) is 4.79 Å². The van der Waals surface area contributed by atoms with Gasteiger partial charge in [-0.1, -0.05) is 41.9 Å². The van der Waals surface area contributed by atoms with Crippen molar-refractivity contribution in [3.05, 3.63) is 75.6 Å². The Kier molecular flexibility index (Phi) is 8.47. The highest BCUT2D eigenvalue weighted by molar-refractivity contribution is 7.15. The van der Waals surface area contributed by atoms with Crippen molar-refractivity contribution in [3.63, 3.8) is 0 Å². The summed E-state index contributed by atoms with van der Waals surface area (Å²) in [5.74, 6) is -0.648. The molecule has 0 aliphatic carbocycles. The molecule has 0 aliphatic heterocycles. The Morgan fingerprint density at radius 2 is 1.88 bits per heavy atom. The SMILES string of the molecule is CCOC(=O)c1c(-c2ccc(Cl)cc2)csc1NC(=O)C(C#N)=Cc1ccccc1OC(C)C. The molecule has 6 nitrogen and oxygen atoms in total. The van der Waals surface area contributed by atoms with Gasteiger partial charge >= 0.3 is 5.97 Å². The molecule has 0 unspecified atom stereocenters. The lowest BCUT2D eigenvalue weighted by Crippen LogP contribution is -2.16. The summed E-state index contributed by atoms with van der Waals surface area (Å²) in [6, 6.07) is 16.1. The van der Waals surface area contributed by atoms with Crippen molar-refractivity contribution in [3.8, 4) is 22.9 Å². The van der Waals surface area contributed by atoms with Crippen LogP contribution in [0.4, 0.5) is 5.00 Å². The lowest BCUT2D eigenvalue weighted by atomic mass is 10.0. The van der Waals surface area contributed by atoms with Gasteiger partial charge in [-0.15, -0.1) is 11.3 Å². The first-order valence-corrected chi connectivity index (χ1v) is 11.8. The maximum Gasteiger partial charge on any atom is 0.341 e. The lowest BCUT2D eigenvalue weighted by molar-refractivity contribution is -0.112. The van der Waals surface area contributed by atoms with E-state index in [-0.39, 0.29) is 23.8 Å². The summed E-state index contributed by atoms with van der Waals surface area (Å²) in [6.45, 7) is 5.67. The summed E-state index contributed by atoms with van der Waals surface area (Å²) in [5.41, 5.74) is 2.05. The molecule has 1 aromatic heterocycles. The molecule has 34 heavy (non-hydrogen) atoms. The van der Waals surface area contributed by atoms with E-state index in [1.807, 2.05) is 26.0 Å². The molecule has 8 heteroatoms. The molecule has 0 saturated heterocycles. The number of amides is 1. The Hall–Kier alpha value is -3.60. The monoisotopic (exact) mass is 494 g/mol. The maximum atomic E-state index is 13.0. The number of halogens is 1. The molecule has 0 fully saturated rings. The second-order valence-corrected chi connectivity index (χ2v) is 8.73. The molecule has 2 aromatic carbocycles. The molecule has 1 amide bonds. The van der Waals surface area contributed by atoms with Gasteiger partial charge in [0.25, 0.3) is 5.91 Å². The topological polar surface area (TPSA) is 88.4 Å². The van der Waals surface area contributed by atoms with Crippen LogP contribution in [0.2, 0.25) is 5.02 Å². The van der Waals surface area contributed by atoms with Crippen molar-refractivity contribution in [2.45, 2.75) is 26.9 Å². The Labute approximate surface area is 207 Å². The van der Waals surface area contributed by atoms with Crippen LogP contribution in [0.25, 0.3) is 17.2 Å². The third-order valence-corrected chi connectivity index (χ3v) is 5.75. The minimum atomic E-state index is -0.642. The minimum Gasteiger partial charge on any atom is -0.490 e. The van der Waals surface area contributed by atoms with E-state index in [4.69, 9.17) is 21.1 Å². The predicted octanol–water partition coefficient (Wildman–Crippen LogP) is 6.58. The number of nitriles is 1. The molecule has 0 aliphatic rings. The first kappa shape index (κ1) is 25.0. The van der Waals surface area contributed by atoms with Gasteiger partial charge < -0.3 is 14.8 Å². The maximum absolute atomic E-state index is 13.0. The first-order valence-electron chi connectivity index (χ1n) is 10.6. The molecule has 3 rings (SSSR count). The molecular formula is C26H23ClN2O4S. The standard InChI is InChI=1S/C26H23ClN2O4S/c1-4-32-26(31)23-21(17-9-11-20(27)12-10-17)15-34-25(23)29-24(30)19(14-28)13-18-7-5-6-8-22(18)33-16(2)3/h5-13,15-16H,4H2,1-3H3,(H,29,30). The quantitative estimate of drug-likeness (QED) is 0.217. The number of ether oxygens (including phenoxy) is 2. The van der Waals surface area contributed by atoms with Crippen LogP contribution in [0.3, 0.4) is 0 Å². The zero-order valence-electron chi connectivity index (χ0n) is 18.9. The number of carbonyl (C=O) groups is 2. The van der Waals surface area contributed by atoms with Crippen molar-refractivity contribution in [2.24, 2.45) is 0 Å². The van der Waals surface area contributed by atoms with E-state index >= 15 is 0 Å². The molecule has 174 valence electrons. The highest BCUT2D eigenvalue weighted by Gasteiger charge is 2.24. The van der Waals surface area contributed by atoms with Gasteiger partial charge in [-0.2, -0.15) is 5.26 Å². The zero-order chi connectivity index (χ0) is 24.7. The lowest BCUT2D eigenvalue weighted by Gasteiger charge is -2.12. The van der Waals surface area contributed by atoms with E-state index in [1.54, 1.807) is 54.8 Å². The average molecular weight is 495 g/mol. The number of hydrogen-bond donors (Lipinski definition) is 1. The van der Waals surface area contributed by atoms with Crippen LogP contribution in [0, 0.1) is 11.3 Å². The van der Waals surface area contributed by atoms with E-state index in [0.29, 0.717) is 26.9 Å². The summed E-state index contributed by atoms with van der Waals surface area (Å²) >= 11 is 7.17. The number of hydrogen-bond acceptors (Lipinski definition) is 6. The van der Waals surface area contributed by atoms with Crippen LogP contribution < -0.4 is 10.1 Å². The van der Waals surface area contributed by atoms with Crippen molar-refractivity contribution >= 4 is 45.9 Å². The fourth-order valence-electron chi connectivity index (χ4n) is 3.13. The second-order valence-electron chi connectivity index (χ2n) is 7.41. The van der Waals surface area contributed by atoms with Crippen molar-refractivity contribution in [1.82, 2.24) is 0 Å². The number of nitrogens with zero attached hydrogens (tertiary/aromatic N) is 1. The van der Waals surface area contributed by atoms with Gasteiger partial charge in [-0.05, 0) is 50.6 Å². The average Bonchev–Trinajstić information content (AvgIpc) is 3.22. The van der Waals surface area contributed by atoms with Crippen LogP contribution in [0.15, 0.2) is 59.5 Å². The summed E-state index contributed by atoms with van der Waals surface area (Å²) in [6.07, 6.45) is 1.39.